The van der Waals surface area contributed by atoms with Gasteiger partial charge < -0.3 is 20.4 Å². The Kier molecular flexibility index (Phi) is 3.32. The molecule has 0 aliphatic heterocycles. The van der Waals surface area contributed by atoms with Crippen LogP contribution in [0.1, 0.15) is 58.8 Å². The first-order chi connectivity index (χ1) is 13.1. The molecule has 4 heteroatoms. The second-order valence-electron chi connectivity index (χ2n) is 11.9. The van der Waals surface area contributed by atoms with E-state index >= 15 is 0 Å². The number of rotatable bonds is 2. The lowest BCUT2D eigenvalue weighted by Crippen LogP contribution is -2.65. The average Bonchev–Trinajstić information content (AvgIpc) is 3.55. The van der Waals surface area contributed by atoms with Crippen molar-refractivity contribution in [3.05, 3.63) is 12.2 Å². The SMILES string of the molecule is C=C(CO)[C@]1(O)[C@H]2C[C@H]2C2C3C(CCC21C)[C@@]1(C)CC[C@H](O)C[C@@]1(O)[C@@H]1C[C@H]31. The van der Waals surface area contributed by atoms with Crippen molar-refractivity contribution in [3.8, 4) is 0 Å². The van der Waals surface area contributed by atoms with Gasteiger partial charge in [0.15, 0.2) is 0 Å². The molecule has 6 saturated carbocycles. The largest absolute Gasteiger partial charge is 0.393 e. The maximum absolute atomic E-state index is 11.9. The van der Waals surface area contributed by atoms with E-state index in [0.717, 1.165) is 38.5 Å². The molecular formula is C24H36O4. The van der Waals surface area contributed by atoms with E-state index in [1.54, 1.807) is 0 Å². The maximum Gasteiger partial charge on any atom is 0.0963 e. The zero-order valence-corrected chi connectivity index (χ0v) is 17.3. The summed E-state index contributed by atoms with van der Waals surface area (Å²) in [6, 6.07) is 0. The van der Waals surface area contributed by atoms with Crippen LogP contribution in [0, 0.1) is 52.3 Å². The van der Waals surface area contributed by atoms with Gasteiger partial charge in [0.25, 0.3) is 0 Å². The fourth-order valence-corrected chi connectivity index (χ4v) is 9.95. The van der Waals surface area contributed by atoms with Crippen molar-refractivity contribution in [3.63, 3.8) is 0 Å². The zero-order chi connectivity index (χ0) is 19.9. The Morgan fingerprint density at radius 2 is 1.64 bits per heavy atom. The van der Waals surface area contributed by atoms with Crippen LogP contribution in [0.4, 0.5) is 0 Å². The van der Waals surface area contributed by atoms with Gasteiger partial charge in [-0.2, -0.15) is 0 Å². The monoisotopic (exact) mass is 388 g/mol. The lowest BCUT2D eigenvalue weighted by molar-refractivity contribution is -0.234. The van der Waals surface area contributed by atoms with E-state index < -0.39 is 11.2 Å². The summed E-state index contributed by atoms with van der Waals surface area (Å²) in [5, 5.41) is 43.8. The molecule has 156 valence electrons. The average molecular weight is 389 g/mol. The molecule has 6 rings (SSSR count). The molecule has 0 radical (unpaired) electrons. The number of aliphatic hydroxyl groups is 4. The molecule has 0 spiro atoms. The van der Waals surface area contributed by atoms with Crippen molar-refractivity contribution in [1.82, 2.24) is 0 Å². The highest BCUT2D eigenvalue weighted by molar-refractivity contribution is 5.36. The predicted octanol–water partition coefficient (Wildman–Crippen LogP) is 2.50. The molecule has 6 aliphatic rings. The van der Waals surface area contributed by atoms with E-state index in [0.29, 0.717) is 47.5 Å². The summed E-state index contributed by atoms with van der Waals surface area (Å²) in [7, 11) is 0. The van der Waals surface area contributed by atoms with E-state index in [9.17, 15) is 20.4 Å². The summed E-state index contributed by atoms with van der Waals surface area (Å²) in [6.45, 7) is 8.56. The van der Waals surface area contributed by atoms with Gasteiger partial charge >= 0.3 is 0 Å². The normalized spacial score (nSPS) is 66.1. The van der Waals surface area contributed by atoms with Crippen molar-refractivity contribution in [2.24, 2.45) is 52.3 Å². The minimum absolute atomic E-state index is 0.116. The van der Waals surface area contributed by atoms with Gasteiger partial charge in [-0.1, -0.05) is 20.4 Å². The van der Waals surface area contributed by atoms with Crippen LogP contribution in [0.5, 0.6) is 0 Å². The van der Waals surface area contributed by atoms with Crippen LogP contribution in [-0.4, -0.2) is 44.3 Å². The Balaban J connectivity index is 1.43. The van der Waals surface area contributed by atoms with Crippen molar-refractivity contribution < 1.29 is 20.4 Å². The molecule has 0 saturated heterocycles. The topological polar surface area (TPSA) is 80.9 Å². The van der Waals surface area contributed by atoms with E-state index in [1.807, 2.05) is 0 Å². The number of fused-ring (bicyclic) bond motifs is 10. The lowest BCUT2D eigenvalue weighted by atomic mass is 9.42. The summed E-state index contributed by atoms with van der Waals surface area (Å²) < 4.78 is 0. The summed E-state index contributed by atoms with van der Waals surface area (Å²) in [5.74, 6) is 3.22. The Labute approximate surface area is 168 Å². The molecule has 6 fully saturated rings. The number of aliphatic hydroxyl groups excluding tert-OH is 2. The third kappa shape index (κ3) is 1.73. The molecule has 28 heavy (non-hydrogen) atoms. The molecule has 0 aromatic carbocycles. The quantitative estimate of drug-likeness (QED) is 0.548. The number of hydrogen-bond acceptors (Lipinski definition) is 4. The fraction of sp³-hybridized carbons (Fsp3) is 0.917. The molecule has 0 aromatic heterocycles. The van der Waals surface area contributed by atoms with Gasteiger partial charge in [0.05, 0.1) is 23.9 Å². The summed E-state index contributed by atoms with van der Waals surface area (Å²) >= 11 is 0. The highest BCUT2D eigenvalue weighted by Crippen LogP contribution is 2.82. The molecule has 0 bridgehead atoms. The molecule has 0 heterocycles. The van der Waals surface area contributed by atoms with Crippen LogP contribution in [0.3, 0.4) is 0 Å². The molecule has 4 unspecified atom stereocenters. The molecule has 0 aromatic rings. The van der Waals surface area contributed by atoms with Gasteiger partial charge in [-0.25, -0.2) is 0 Å². The third-order valence-corrected chi connectivity index (χ3v) is 11.3. The van der Waals surface area contributed by atoms with E-state index in [4.69, 9.17) is 0 Å². The molecule has 4 nitrogen and oxygen atoms in total. The van der Waals surface area contributed by atoms with Crippen LogP contribution in [-0.2, 0) is 0 Å². The summed E-state index contributed by atoms with van der Waals surface area (Å²) in [4.78, 5) is 0. The van der Waals surface area contributed by atoms with E-state index in [2.05, 4.69) is 20.4 Å². The third-order valence-electron chi connectivity index (χ3n) is 11.3. The van der Waals surface area contributed by atoms with Crippen molar-refractivity contribution in [2.45, 2.75) is 76.1 Å². The van der Waals surface area contributed by atoms with Crippen LogP contribution in [0.15, 0.2) is 12.2 Å². The minimum atomic E-state index is -0.927. The van der Waals surface area contributed by atoms with Crippen LogP contribution < -0.4 is 0 Å². The van der Waals surface area contributed by atoms with Gasteiger partial charge in [0.2, 0.25) is 0 Å². The van der Waals surface area contributed by atoms with Gasteiger partial charge in [0.1, 0.15) is 0 Å². The fourth-order valence-electron chi connectivity index (χ4n) is 9.95. The standard InChI is InChI=1S/C24H36O4/c1-12(11-25)24(28)18-9-15(18)20-19-14-8-17(14)23(27)10-13(26)4-6-21(23,2)16(19)5-7-22(20,24)3/h13-20,25-28H,1,4-11H2,2-3H3/t13-,14-,15+,16?,17+,18-,19?,20?,21+,22?,23+,24-/m0/s1. The maximum atomic E-state index is 11.9. The Bertz CT molecular complexity index is 751. The van der Waals surface area contributed by atoms with Crippen LogP contribution >= 0.6 is 0 Å². The Hall–Kier alpha value is -0.420. The summed E-state index contributed by atoms with van der Waals surface area (Å²) in [6.07, 6.45) is 6.05. The smallest absolute Gasteiger partial charge is 0.0963 e. The second-order valence-corrected chi connectivity index (χ2v) is 11.9. The van der Waals surface area contributed by atoms with E-state index in [1.165, 1.54) is 0 Å². The first kappa shape index (κ1) is 18.4. The Morgan fingerprint density at radius 3 is 2.36 bits per heavy atom. The van der Waals surface area contributed by atoms with E-state index in [-0.39, 0.29) is 29.5 Å². The van der Waals surface area contributed by atoms with Crippen molar-refractivity contribution in [2.75, 3.05) is 6.61 Å². The highest BCUT2D eigenvalue weighted by Gasteiger charge is 2.81. The lowest BCUT2D eigenvalue weighted by Gasteiger charge is -2.65. The zero-order valence-electron chi connectivity index (χ0n) is 17.3. The van der Waals surface area contributed by atoms with Crippen LogP contribution in [0.2, 0.25) is 0 Å². The summed E-state index contributed by atoms with van der Waals surface area (Å²) in [5.41, 5.74) is -1.33. The first-order valence-corrected chi connectivity index (χ1v) is 11.6. The molecular weight excluding hydrogens is 352 g/mol. The molecule has 6 aliphatic carbocycles. The Morgan fingerprint density at radius 1 is 0.964 bits per heavy atom. The van der Waals surface area contributed by atoms with Gasteiger partial charge in [-0.15, -0.1) is 0 Å². The van der Waals surface area contributed by atoms with Crippen molar-refractivity contribution in [1.29, 1.82) is 0 Å². The van der Waals surface area contributed by atoms with Gasteiger partial charge in [-0.05, 0) is 90.9 Å². The number of hydrogen-bond donors (Lipinski definition) is 4. The highest BCUT2D eigenvalue weighted by atomic mass is 16.3. The first-order valence-electron chi connectivity index (χ1n) is 11.6. The molecule has 4 N–H and O–H groups in total. The predicted molar refractivity (Wildman–Crippen MR) is 105 cm³/mol. The molecule has 0 amide bonds. The van der Waals surface area contributed by atoms with Crippen LogP contribution in [0.25, 0.3) is 0 Å². The van der Waals surface area contributed by atoms with Gasteiger partial charge in [0, 0.05) is 11.8 Å². The second kappa shape index (κ2) is 5.07. The van der Waals surface area contributed by atoms with Crippen molar-refractivity contribution >= 4 is 0 Å². The van der Waals surface area contributed by atoms with Gasteiger partial charge in [-0.3, -0.25) is 0 Å². The minimum Gasteiger partial charge on any atom is -0.393 e. The molecule has 12 atom stereocenters.